The maximum Gasteiger partial charge on any atom is 0.320 e. The number of rotatable bonds is 3. The van der Waals surface area contributed by atoms with Gasteiger partial charge in [0.1, 0.15) is 6.04 Å². The minimum absolute atomic E-state index is 0.106. The number of aliphatic carboxylic acids is 1. The molecule has 2 aromatic rings. The summed E-state index contributed by atoms with van der Waals surface area (Å²) < 4.78 is 0. The van der Waals surface area contributed by atoms with Crippen LogP contribution in [0, 0.1) is 0 Å². The van der Waals surface area contributed by atoms with E-state index in [0.717, 1.165) is 16.7 Å². The van der Waals surface area contributed by atoms with E-state index in [-0.39, 0.29) is 5.78 Å². The third-order valence-electron chi connectivity index (χ3n) is 2.78. The Balaban J connectivity index is 0.000000315. The highest BCUT2D eigenvalue weighted by molar-refractivity contribution is 6.00. The number of benzene rings is 2. The minimum Gasteiger partial charge on any atom is -0.480 e. The van der Waals surface area contributed by atoms with E-state index in [1.807, 2.05) is 54.6 Å². The Kier molecular flexibility index (Phi) is 6.30. The zero-order chi connectivity index (χ0) is 15.8. The molecule has 3 N–H and O–H groups in total. The van der Waals surface area contributed by atoms with E-state index in [4.69, 9.17) is 10.8 Å². The molecule has 0 spiro atoms. The lowest BCUT2D eigenvalue weighted by molar-refractivity contribution is -0.138. The monoisotopic (exact) mass is 285 g/mol. The van der Waals surface area contributed by atoms with Crippen LogP contribution >= 0.6 is 0 Å². The Bertz CT molecular complexity index is 606. The van der Waals surface area contributed by atoms with Crippen LogP contribution < -0.4 is 5.73 Å². The van der Waals surface area contributed by atoms with Crippen molar-refractivity contribution in [3.8, 4) is 11.1 Å². The molecule has 2 rings (SSSR count). The molecule has 0 aromatic heterocycles. The number of carboxylic acid groups (broad SMARTS) is 1. The molecule has 0 aliphatic heterocycles. The summed E-state index contributed by atoms with van der Waals surface area (Å²) in [6.45, 7) is 3.02. The molecule has 0 bridgehead atoms. The van der Waals surface area contributed by atoms with E-state index in [1.165, 1.54) is 6.92 Å². The summed E-state index contributed by atoms with van der Waals surface area (Å²) in [5.74, 6) is -0.857. The number of carbonyl (C=O) groups excluding carboxylic acids is 1. The first-order valence-corrected chi connectivity index (χ1v) is 6.57. The molecule has 0 amide bonds. The van der Waals surface area contributed by atoms with E-state index < -0.39 is 12.0 Å². The zero-order valence-electron chi connectivity index (χ0n) is 12.1. The molecule has 0 heterocycles. The van der Waals surface area contributed by atoms with Crippen molar-refractivity contribution >= 4 is 11.8 Å². The largest absolute Gasteiger partial charge is 0.480 e. The van der Waals surface area contributed by atoms with Gasteiger partial charge in [-0.2, -0.15) is 0 Å². The molecule has 0 fully saturated rings. The van der Waals surface area contributed by atoms with Crippen molar-refractivity contribution in [2.24, 2.45) is 5.73 Å². The predicted molar refractivity (Wildman–Crippen MR) is 83.2 cm³/mol. The molecule has 0 aliphatic carbocycles. The predicted octanol–water partition coefficient (Wildman–Crippen LogP) is 2.97. The maximum absolute atomic E-state index is 11.4. The van der Waals surface area contributed by atoms with Gasteiger partial charge in [-0.05, 0) is 25.0 Å². The Morgan fingerprint density at radius 3 is 1.95 bits per heavy atom. The van der Waals surface area contributed by atoms with Crippen LogP contribution in [0.25, 0.3) is 11.1 Å². The number of hydrogen-bond acceptors (Lipinski definition) is 3. The lowest BCUT2D eigenvalue weighted by Crippen LogP contribution is -2.25. The number of ketones is 1. The molecule has 21 heavy (non-hydrogen) atoms. The van der Waals surface area contributed by atoms with Crippen molar-refractivity contribution in [3.05, 3.63) is 60.2 Å². The molecule has 1 unspecified atom stereocenters. The van der Waals surface area contributed by atoms with Gasteiger partial charge in [0.05, 0.1) is 0 Å². The number of carboxylic acids is 1. The summed E-state index contributed by atoms with van der Waals surface area (Å²) in [4.78, 5) is 21.0. The Morgan fingerprint density at radius 2 is 1.48 bits per heavy atom. The molecule has 0 aliphatic rings. The summed E-state index contributed by atoms with van der Waals surface area (Å²) >= 11 is 0. The number of nitrogens with two attached hydrogens (primary N) is 1. The first kappa shape index (κ1) is 16.6. The van der Waals surface area contributed by atoms with Crippen molar-refractivity contribution in [1.82, 2.24) is 0 Å². The Hall–Kier alpha value is -2.46. The molecule has 110 valence electrons. The third-order valence-corrected chi connectivity index (χ3v) is 2.78. The molecule has 0 saturated heterocycles. The van der Waals surface area contributed by atoms with Crippen LogP contribution in [0.15, 0.2) is 54.6 Å². The van der Waals surface area contributed by atoms with Crippen molar-refractivity contribution in [2.75, 3.05) is 0 Å². The molecular formula is C17H19NO3. The van der Waals surface area contributed by atoms with Gasteiger partial charge in [-0.1, -0.05) is 54.6 Å². The lowest BCUT2D eigenvalue weighted by Gasteiger charge is -2.06. The SMILES string of the molecule is CC(=O)c1ccccc1-c1ccccc1.CC(N)C(=O)O. The molecular weight excluding hydrogens is 266 g/mol. The molecule has 0 radical (unpaired) electrons. The number of carbonyl (C=O) groups is 2. The molecule has 1 atom stereocenters. The maximum atomic E-state index is 11.4. The van der Waals surface area contributed by atoms with Gasteiger partial charge in [-0.25, -0.2) is 0 Å². The quantitative estimate of drug-likeness (QED) is 0.850. The second-order valence-electron chi connectivity index (χ2n) is 4.59. The van der Waals surface area contributed by atoms with Crippen LogP contribution in [-0.4, -0.2) is 22.9 Å². The van der Waals surface area contributed by atoms with Gasteiger partial charge < -0.3 is 10.8 Å². The second kappa shape index (κ2) is 7.97. The van der Waals surface area contributed by atoms with Gasteiger partial charge in [-0.3, -0.25) is 9.59 Å². The Labute approximate surface area is 124 Å². The summed E-state index contributed by atoms with van der Waals surface area (Å²) in [5, 5.41) is 7.87. The van der Waals surface area contributed by atoms with Crippen molar-refractivity contribution < 1.29 is 14.7 Å². The topological polar surface area (TPSA) is 80.4 Å². The van der Waals surface area contributed by atoms with Crippen molar-refractivity contribution in [3.63, 3.8) is 0 Å². The zero-order valence-corrected chi connectivity index (χ0v) is 12.1. The van der Waals surface area contributed by atoms with Gasteiger partial charge >= 0.3 is 5.97 Å². The highest BCUT2D eigenvalue weighted by Crippen LogP contribution is 2.23. The second-order valence-corrected chi connectivity index (χ2v) is 4.59. The Morgan fingerprint density at radius 1 is 1.00 bits per heavy atom. The highest BCUT2D eigenvalue weighted by atomic mass is 16.4. The molecule has 2 aromatic carbocycles. The normalized spacial score (nSPS) is 11.0. The average Bonchev–Trinajstić information content (AvgIpc) is 2.48. The van der Waals surface area contributed by atoms with E-state index >= 15 is 0 Å². The van der Waals surface area contributed by atoms with Crippen molar-refractivity contribution in [1.29, 1.82) is 0 Å². The van der Waals surface area contributed by atoms with Crippen LogP contribution in [0.3, 0.4) is 0 Å². The summed E-state index contributed by atoms with van der Waals surface area (Å²) in [6, 6.07) is 16.9. The average molecular weight is 285 g/mol. The summed E-state index contributed by atoms with van der Waals surface area (Å²) in [6.07, 6.45) is 0. The van der Waals surface area contributed by atoms with E-state index in [1.54, 1.807) is 6.92 Å². The molecule has 4 heteroatoms. The van der Waals surface area contributed by atoms with E-state index in [2.05, 4.69) is 0 Å². The van der Waals surface area contributed by atoms with Crippen molar-refractivity contribution in [2.45, 2.75) is 19.9 Å². The first-order chi connectivity index (χ1) is 9.93. The summed E-state index contributed by atoms with van der Waals surface area (Å²) in [7, 11) is 0. The summed E-state index contributed by atoms with van der Waals surface area (Å²) in [5.41, 5.74) is 7.71. The van der Waals surface area contributed by atoms with Crippen LogP contribution in [0.4, 0.5) is 0 Å². The number of hydrogen-bond donors (Lipinski definition) is 2. The minimum atomic E-state index is -0.963. The lowest BCUT2D eigenvalue weighted by atomic mass is 9.98. The van der Waals surface area contributed by atoms with Gasteiger partial charge in [0.25, 0.3) is 0 Å². The number of Topliss-reactive ketones (excluding diaryl/α,β-unsaturated/α-hetero) is 1. The van der Waals surface area contributed by atoms with Crippen LogP contribution in [0.2, 0.25) is 0 Å². The third kappa shape index (κ3) is 5.20. The van der Waals surface area contributed by atoms with Gasteiger partial charge in [0.2, 0.25) is 0 Å². The molecule has 4 nitrogen and oxygen atoms in total. The molecule has 0 saturated carbocycles. The highest BCUT2D eigenvalue weighted by Gasteiger charge is 2.06. The van der Waals surface area contributed by atoms with Gasteiger partial charge in [0.15, 0.2) is 5.78 Å². The fourth-order valence-corrected chi connectivity index (χ4v) is 1.66. The smallest absolute Gasteiger partial charge is 0.320 e. The fourth-order valence-electron chi connectivity index (χ4n) is 1.66. The van der Waals surface area contributed by atoms with Gasteiger partial charge in [0, 0.05) is 5.56 Å². The van der Waals surface area contributed by atoms with Crippen LogP contribution in [0.1, 0.15) is 24.2 Å². The van der Waals surface area contributed by atoms with E-state index in [9.17, 15) is 9.59 Å². The van der Waals surface area contributed by atoms with E-state index in [0.29, 0.717) is 0 Å². The fraction of sp³-hybridized carbons (Fsp3) is 0.176. The van der Waals surface area contributed by atoms with Crippen LogP contribution in [0.5, 0.6) is 0 Å². The van der Waals surface area contributed by atoms with Gasteiger partial charge in [-0.15, -0.1) is 0 Å². The standard InChI is InChI=1S/C14H12O.C3H7NO2/c1-11(15)13-9-5-6-10-14(13)12-7-3-2-4-8-12;1-2(4)3(5)6/h2-10H,1H3;2H,4H2,1H3,(H,5,6). The first-order valence-electron chi connectivity index (χ1n) is 6.57. The van der Waals surface area contributed by atoms with Crippen LogP contribution in [-0.2, 0) is 4.79 Å².